The largest absolute Gasteiger partial charge is 0.338 e. The molecular formula is C18H17N3OS. The van der Waals surface area contributed by atoms with Crippen LogP contribution < -0.4 is 0 Å². The third kappa shape index (κ3) is 2.84. The van der Waals surface area contributed by atoms with Crippen molar-refractivity contribution in [2.75, 3.05) is 13.1 Å². The summed E-state index contributed by atoms with van der Waals surface area (Å²) in [6.07, 6.45) is 7.56. The van der Waals surface area contributed by atoms with Gasteiger partial charge in [-0.05, 0) is 29.7 Å². The van der Waals surface area contributed by atoms with Crippen LogP contribution in [0.4, 0.5) is 0 Å². The zero-order chi connectivity index (χ0) is 15.6. The molecule has 4 nitrogen and oxygen atoms in total. The van der Waals surface area contributed by atoms with E-state index in [4.69, 9.17) is 0 Å². The van der Waals surface area contributed by atoms with E-state index in [2.05, 4.69) is 28.2 Å². The number of nitrogens with zero attached hydrogens (tertiary/aromatic N) is 3. The summed E-state index contributed by atoms with van der Waals surface area (Å²) < 4.78 is 0. The maximum absolute atomic E-state index is 12.4. The van der Waals surface area contributed by atoms with Crippen LogP contribution in [0.25, 0.3) is 10.8 Å². The smallest absolute Gasteiger partial charge is 0.265 e. The Morgan fingerprint density at radius 2 is 2.13 bits per heavy atom. The monoisotopic (exact) mass is 323 g/mol. The van der Waals surface area contributed by atoms with Gasteiger partial charge in [-0.15, -0.1) is 11.3 Å². The van der Waals surface area contributed by atoms with Gasteiger partial charge in [0.1, 0.15) is 4.88 Å². The number of hydrogen-bond donors (Lipinski definition) is 0. The van der Waals surface area contributed by atoms with Gasteiger partial charge in [0.05, 0.1) is 11.7 Å². The molecule has 0 radical (unpaired) electrons. The number of thiazole rings is 1. The van der Waals surface area contributed by atoms with E-state index in [1.165, 1.54) is 27.7 Å². The van der Waals surface area contributed by atoms with Gasteiger partial charge in [0.15, 0.2) is 0 Å². The van der Waals surface area contributed by atoms with Gasteiger partial charge in [0.25, 0.3) is 5.91 Å². The second kappa shape index (κ2) is 6.08. The van der Waals surface area contributed by atoms with Crippen molar-refractivity contribution in [1.29, 1.82) is 0 Å². The van der Waals surface area contributed by atoms with Crippen molar-refractivity contribution < 1.29 is 4.79 Å². The fraction of sp³-hybridized carbons (Fsp3) is 0.278. The molecule has 1 fully saturated rings. The van der Waals surface area contributed by atoms with Crippen molar-refractivity contribution in [3.63, 3.8) is 0 Å². The Kier molecular flexibility index (Phi) is 3.79. The lowest BCUT2D eigenvalue weighted by Gasteiger charge is -2.16. The van der Waals surface area contributed by atoms with Crippen LogP contribution in [0.15, 0.2) is 48.4 Å². The van der Waals surface area contributed by atoms with Crippen LogP contribution in [0.2, 0.25) is 0 Å². The Labute approximate surface area is 138 Å². The van der Waals surface area contributed by atoms with Crippen LogP contribution >= 0.6 is 11.3 Å². The maximum Gasteiger partial charge on any atom is 0.265 e. The molecule has 0 spiro atoms. The lowest BCUT2D eigenvalue weighted by Crippen LogP contribution is -2.28. The number of carbonyl (C=O) groups is 1. The zero-order valence-corrected chi connectivity index (χ0v) is 13.5. The van der Waals surface area contributed by atoms with E-state index >= 15 is 0 Å². The molecule has 1 atom stereocenters. The summed E-state index contributed by atoms with van der Waals surface area (Å²) in [5.41, 5.74) is 2.99. The molecule has 2 aromatic heterocycles. The lowest BCUT2D eigenvalue weighted by atomic mass is 9.96. The molecule has 0 aliphatic carbocycles. The number of rotatable bonds is 3. The zero-order valence-electron chi connectivity index (χ0n) is 12.7. The van der Waals surface area contributed by atoms with E-state index in [0.717, 1.165) is 30.8 Å². The lowest BCUT2D eigenvalue weighted by molar-refractivity contribution is 0.0791. The number of amides is 1. The number of pyridine rings is 1. The van der Waals surface area contributed by atoms with E-state index in [1.54, 1.807) is 11.7 Å². The highest BCUT2D eigenvalue weighted by Crippen LogP contribution is 2.26. The molecule has 3 aromatic rings. The fourth-order valence-corrected chi connectivity index (χ4v) is 3.90. The number of carbonyl (C=O) groups excluding carboxylic acids is 1. The highest BCUT2D eigenvalue weighted by atomic mass is 32.1. The van der Waals surface area contributed by atoms with Crippen LogP contribution in [0.5, 0.6) is 0 Å². The minimum Gasteiger partial charge on any atom is -0.338 e. The Bertz CT molecular complexity index is 826. The number of aromatic nitrogens is 2. The summed E-state index contributed by atoms with van der Waals surface area (Å²) in [6.45, 7) is 1.65. The minimum absolute atomic E-state index is 0.117. The predicted octanol–water partition coefficient (Wildman–Crippen LogP) is 3.40. The molecule has 4 rings (SSSR count). The fourth-order valence-electron chi connectivity index (χ4n) is 3.31. The number of hydrogen-bond acceptors (Lipinski definition) is 4. The summed E-state index contributed by atoms with van der Waals surface area (Å²) in [4.78, 5) is 23.5. The van der Waals surface area contributed by atoms with E-state index in [0.29, 0.717) is 5.92 Å². The van der Waals surface area contributed by atoms with Crippen LogP contribution in [-0.2, 0) is 6.42 Å². The van der Waals surface area contributed by atoms with Crippen molar-refractivity contribution >= 4 is 28.0 Å². The van der Waals surface area contributed by atoms with Gasteiger partial charge in [0.2, 0.25) is 0 Å². The van der Waals surface area contributed by atoms with Gasteiger partial charge in [-0.1, -0.05) is 24.3 Å². The topological polar surface area (TPSA) is 46.1 Å². The number of benzene rings is 1. The molecule has 0 N–H and O–H groups in total. The summed E-state index contributed by atoms with van der Waals surface area (Å²) in [6, 6.07) is 8.36. The first-order valence-corrected chi connectivity index (χ1v) is 8.68. The Morgan fingerprint density at radius 1 is 1.22 bits per heavy atom. The molecule has 116 valence electrons. The second-order valence-electron chi connectivity index (χ2n) is 6.00. The molecule has 1 aliphatic rings. The first kappa shape index (κ1) is 14.3. The van der Waals surface area contributed by atoms with Crippen LogP contribution in [0, 0.1) is 5.92 Å². The van der Waals surface area contributed by atoms with Gasteiger partial charge in [-0.25, -0.2) is 0 Å². The van der Waals surface area contributed by atoms with Crippen molar-refractivity contribution in [1.82, 2.24) is 14.9 Å². The van der Waals surface area contributed by atoms with Crippen molar-refractivity contribution in [2.24, 2.45) is 5.92 Å². The van der Waals surface area contributed by atoms with E-state index < -0.39 is 0 Å². The van der Waals surface area contributed by atoms with E-state index in [9.17, 15) is 4.79 Å². The molecule has 1 amide bonds. The van der Waals surface area contributed by atoms with E-state index in [1.807, 2.05) is 23.4 Å². The Hall–Kier alpha value is -2.27. The number of likely N-dealkylation sites (tertiary alicyclic amines) is 1. The first-order valence-electron chi connectivity index (χ1n) is 7.80. The van der Waals surface area contributed by atoms with Crippen molar-refractivity contribution in [3.05, 3.63) is 58.8 Å². The molecule has 1 saturated heterocycles. The molecule has 1 aliphatic heterocycles. The van der Waals surface area contributed by atoms with Gasteiger partial charge in [0, 0.05) is 30.9 Å². The summed E-state index contributed by atoms with van der Waals surface area (Å²) >= 11 is 1.41. The Balaban J connectivity index is 1.49. The van der Waals surface area contributed by atoms with Crippen molar-refractivity contribution in [2.45, 2.75) is 12.8 Å². The van der Waals surface area contributed by atoms with E-state index in [-0.39, 0.29) is 5.91 Å². The summed E-state index contributed by atoms with van der Waals surface area (Å²) in [5, 5.41) is 2.45. The SMILES string of the molecule is O=C(c1cncs1)N1CCC(Cc2cncc3ccccc23)C1. The van der Waals surface area contributed by atoms with Crippen LogP contribution in [-0.4, -0.2) is 33.9 Å². The highest BCUT2D eigenvalue weighted by molar-refractivity contribution is 7.11. The molecule has 3 heterocycles. The molecule has 0 bridgehead atoms. The third-order valence-electron chi connectivity index (χ3n) is 4.48. The molecule has 23 heavy (non-hydrogen) atoms. The predicted molar refractivity (Wildman–Crippen MR) is 91.6 cm³/mol. The number of fused-ring (bicyclic) bond motifs is 1. The standard InChI is InChI=1S/C18H17N3OS/c22-18(17-10-20-12-23-17)21-6-5-13(11-21)7-15-9-19-8-14-3-1-2-4-16(14)15/h1-4,8-10,12-13H,5-7,11H2. The highest BCUT2D eigenvalue weighted by Gasteiger charge is 2.28. The van der Waals surface area contributed by atoms with Crippen molar-refractivity contribution in [3.8, 4) is 0 Å². The maximum atomic E-state index is 12.4. The second-order valence-corrected chi connectivity index (χ2v) is 6.88. The Morgan fingerprint density at radius 3 is 3.00 bits per heavy atom. The van der Waals surface area contributed by atoms with Gasteiger partial charge >= 0.3 is 0 Å². The molecule has 1 unspecified atom stereocenters. The quantitative estimate of drug-likeness (QED) is 0.742. The van der Waals surface area contributed by atoms with Gasteiger partial charge < -0.3 is 4.90 Å². The third-order valence-corrected chi connectivity index (χ3v) is 5.24. The summed E-state index contributed by atoms with van der Waals surface area (Å²) in [5.74, 6) is 0.616. The normalized spacial score (nSPS) is 17.7. The average Bonchev–Trinajstić information content (AvgIpc) is 3.27. The van der Waals surface area contributed by atoms with Gasteiger partial charge in [-0.3, -0.25) is 14.8 Å². The molecular weight excluding hydrogens is 306 g/mol. The summed E-state index contributed by atoms with van der Waals surface area (Å²) in [7, 11) is 0. The van der Waals surface area contributed by atoms with Crippen LogP contribution in [0.3, 0.4) is 0 Å². The van der Waals surface area contributed by atoms with Gasteiger partial charge in [-0.2, -0.15) is 0 Å². The molecule has 1 aromatic carbocycles. The first-order chi connectivity index (χ1) is 11.3. The average molecular weight is 323 g/mol. The van der Waals surface area contributed by atoms with Crippen LogP contribution in [0.1, 0.15) is 21.7 Å². The molecule has 5 heteroatoms. The minimum atomic E-state index is 0.117. The molecule has 0 saturated carbocycles.